The molecule has 0 aromatic heterocycles. The van der Waals surface area contributed by atoms with Gasteiger partial charge in [0.15, 0.2) is 0 Å². The fourth-order valence-corrected chi connectivity index (χ4v) is 3.12. The lowest BCUT2D eigenvalue weighted by molar-refractivity contribution is -0.127. The lowest BCUT2D eigenvalue weighted by Crippen LogP contribution is -2.50. The Bertz CT molecular complexity index is 842. The molecule has 0 aliphatic carbocycles. The number of carbonyl (C=O) groups excluding carboxylic acids is 3. The van der Waals surface area contributed by atoms with Crippen molar-refractivity contribution >= 4 is 35.1 Å². The Morgan fingerprint density at radius 2 is 1.68 bits per heavy atom. The predicted octanol–water partition coefficient (Wildman–Crippen LogP) is 3.05. The highest BCUT2D eigenvalue weighted by Gasteiger charge is 2.28. The molecule has 1 aliphatic heterocycles. The zero-order valence-corrected chi connectivity index (χ0v) is 15.9. The second-order valence-corrected chi connectivity index (χ2v) is 6.97. The van der Waals surface area contributed by atoms with Gasteiger partial charge in [-0.3, -0.25) is 20.4 Å². The van der Waals surface area contributed by atoms with Crippen LogP contribution in [0.15, 0.2) is 54.6 Å². The number of likely N-dealkylation sites (tertiary alicyclic amines) is 1. The van der Waals surface area contributed by atoms with E-state index in [1.165, 1.54) is 0 Å². The van der Waals surface area contributed by atoms with Gasteiger partial charge in [0.1, 0.15) is 0 Å². The van der Waals surface area contributed by atoms with E-state index in [9.17, 15) is 14.4 Å². The second-order valence-electron chi connectivity index (χ2n) is 6.53. The van der Waals surface area contributed by atoms with Crippen LogP contribution in [0.25, 0.3) is 0 Å². The predicted molar refractivity (Wildman–Crippen MR) is 107 cm³/mol. The monoisotopic (exact) mass is 400 g/mol. The molecule has 0 radical (unpaired) electrons. The van der Waals surface area contributed by atoms with Crippen molar-refractivity contribution in [3.8, 4) is 0 Å². The summed E-state index contributed by atoms with van der Waals surface area (Å²) in [5, 5.41) is 3.35. The number of nitrogens with one attached hydrogen (secondary N) is 3. The highest BCUT2D eigenvalue weighted by atomic mass is 35.5. The molecule has 28 heavy (non-hydrogen) atoms. The Balaban J connectivity index is 1.50. The van der Waals surface area contributed by atoms with Crippen molar-refractivity contribution in [3.63, 3.8) is 0 Å². The number of amides is 4. The number of hydrogen-bond donors (Lipinski definition) is 3. The number of piperidine rings is 1. The van der Waals surface area contributed by atoms with Crippen molar-refractivity contribution in [2.24, 2.45) is 5.92 Å². The third-order valence-electron chi connectivity index (χ3n) is 4.51. The SMILES string of the molecule is O=C(NNC(=O)[C@@H]1CCCN(C(=O)Nc2ccccc2)C1)c1ccc(Cl)cc1. The van der Waals surface area contributed by atoms with Gasteiger partial charge >= 0.3 is 6.03 Å². The molecule has 0 saturated carbocycles. The average molecular weight is 401 g/mol. The van der Waals surface area contributed by atoms with Gasteiger partial charge < -0.3 is 10.2 Å². The van der Waals surface area contributed by atoms with Crippen LogP contribution in [0, 0.1) is 5.92 Å². The summed E-state index contributed by atoms with van der Waals surface area (Å²) in [5.41, 5.74) is 5.93. The van der Waals surface area contributed by atoms with Crippen molar-refractivity contribution in [3.05, 3.63) is 65.2 Å². The fourth-order valence-electron chi connectivity index (χ4n) is 2.99. The van der Waals surface area contributed by atoms with Crippen LogP contribution in [0.5, 0.6) is 0 Å². The van der Waals surface area contributed by atoms with Gasteiger partial charge in [-0.2, -0.15) is 0 Å². The van der Waals surface area contributed by atoms with Crippen LogP contribution in [0.2, 0.25) is 5.02 Å². The maximum atomic E-state index is 12.4. The summed E-state index contributed by atoms with van der Waals surface area (Å²) in [5.74, 6) is -1.14. The summed E-state index contributed by atoms with van der Waals surface area (Å²) >= 11 is 5.80. The van der Waals surface area contributed by atoms with Crippen LogP contribution in [0.4, 0.5) is 10.5 Å². The molecule has 4 amide bonds. The number of urea groups is 1. The van der Waals surface area contributed by atoms with Gasteiger partial charge in [0.2, 0.25) is 5.91 Å². The highest BCUT2D eigenvalue weighted by molar-refractivity contribution is 6.30. The number of para-hydroxylation sites is 1. The Morgan fingerprint density at radius 1 is 0.964 bits per heavy atom. The molecular weight excluding hydrogens is 380 g/mol. The van der Waals surface area contributed by atoms with Crippen LogP contribution in [0.1, 0.15) is 23.2 Å². The lowest BCUT2D eigenvalue weighted by atomic mass is 9.98. The summed E-state index contributed by atoms with van der Waals surface area (Å²) in [6.07, 6.45) is 1.36. The first-order chi connectivity index (χ1) is 13.5. The molecule has 8 heteroatoms. The number of benzene rings is 2. The number of hydrazine groups is 1. The summed E-state index contributed by atoms with van der Waals surface area (Å²) in [6.45, 7) is 0.876. The number of rotatable bonds is 3. The zero-order valence-electron chi connectivity index (χ0n) is 15.2. The minimum atomic E-state index is -0.431. The van der Waals surface area contributed by atoms with Crippen LogP contribution < -0.4 is 16.2 Å². The molecule has 2 aromatic carbocycles. The standard InChI is InChI=1S/C20H21ClN4O3/c21-16-10-8-14(9-11-16)18(26)23-24-19(27)15-5-4-12-25(13-15)20(28)22-17-6-2-1-3-7-17/h1-3,6-11,15H,4-5,12-13H2,(H,22,28)(H,23,26)(H,24,27)/t15-/m1/s1. The van der Waals surface area contributed by atoms with E-state index in [1.54, 1.807) is 41.3 Å². The Morgan fingerprint density at radius 3 is 2.39 bits per heavy atom. The summed E-state index contributed by atoms with van der Waals surface area (Å²) in [6, 6.07) is 15.3. The summed E-state index contributed by atoms with van der Waals surface area (Å²) in [7, 11) is 0. The molecule has 2 aromatic rings. The van der Waals surface area contributed by atoms with Crippen molar-refractivity contribution in [2.45, 2.75) is 12.8 Å². The number of nitrogens with zero attached hydrogens (tertiary/aromatic N) is 1. The maximum absolute atomic E-state index is 12.4. The molecule has 1 aliphatic rings. The van der Waals surface area contributed by atoms with Crippen molar-refractivity contribution in [1.29, 1.82) is 0 Å². The first-order valence-corrected chi connectivity index (χ1v) is 9.37. The van der Waals surface area contributed by atoms with E-state index in [2.05, 4.69) is 16.2 Å². The van der Waals surface area contributed by atoms with Gasteiger partial charge in [0, 0.05) is 29.4 Å². The van der Waals surface area contributed by atoms with Crippen molar-refractivity contribution < 1.29 is 14.4 Å². The van der Waals surface area contributed by atoms with Crippen LogP contribution in [0.3, 0.4) is 0 Å². The summed E-state index contributed by atoms with van der Waals surface area (Å²) in [4.78, 5) is 38.5. The molecule has 3 N–H and O–H groups in total. The number of hydrogen-bond acceptors (Lipinski definition) is 3. The molecule has 1 saturated heterocycles. The first kappa shape index (κ1) is 19.7. The van der Waals surface area contributed by atoms with Gasteiger partial charge in [-0.1, -0.05) is 29.8 Å². The average Bonchev–Trinajstić information content (AvgIpc) is 2.73. The highest BCUT2D eigenvalue weighted by Crippen LogP contribution is 2.18. The second kappa shape index (κ2) is 9.23. The van der Waals surface area contributed by atoms with E-state index >= 15 is 0 Å². The molecule has 1 heterocycles. The fraction of sp³-hybridized carbons (Fsp3) is 0.250. The Hall–Kier alpha value is -3.06. The normalized spacial score (nSPS) is 16.2. The number of anilines is 1. The van der Waals surface area contributed by atoms with Gasteiger partial charge in [-0.05, 0) is 49.2 Å². The quantitative estimate of drug-likeness (QED) is 0.691. The van der Waals surface area contributed by atoms with E-state index in [0.717, 1.165) is 0 Å². The van der Waals surface area contributed by atoms with E-state index in [0.29, 0.717) is 42.2 Å². The molecule has 1 fully saturated rings. The lowest BCUT2D eigenvalue weighted by Gasteiger charge is -2.32. The van der Waals surface area contributed by atoms with E-state index in [4.69, 9.17) is 11.6 Å². The minimum Gasteiger partial charge on any atom is -0.324 e. The molecule has 0 bridgehead atoms. The largest absolute Gasteiger partial charge is 0.324 e. The van der Waals surface area contributed by atoms with Crippen LogP contribution in [-0.2, 0) is 4.79 Å². The van der Waals surface area contributed by atoms with Gasteiger partial charge in [0.25, 0.3) is 5.91 Å². The zero-order chi connectivity index (χ0) is 19.9. The van der Waals surface area contributed by atoms with Gasteiger partial charge in [0.05, 0.1) is 5.92 Å². The topological polar surface area (TPSA) is 90.5 Å². The van der Waals surface area contributed by atoms with Gasteiger partial charge in [-0.15, -0.1) is 0 Å². The molecule has 7 nitrogen and oxygen atoms in total. The molecule has 146 valence electrons. The number of carbonyl (C=O) groups is 3. The van der Waals surface area contributed by atoms with E-state index in [1.807, 2.05) is 18.2 Å². The Labute approximate surface area is 168 Å². The maximum Gasteiger partial charge on any atom is 0.321 e. The van der Waals surface area contributed by atoms with Crippen LogP contribution in [-0.4, -0.2) is 35.8 Å². The summed E-state index contributed by atoms with van der Waals surface area (Å²) < 4.78 is 0. The van der Waals surface area contributed by atoms with E-state index < -0.39 is 5.91 Å². The molecule has 0 unspecified atom stereocenters. The smallest absolute Gasteiger partial charge is 0.321 e. The third kappa shape index (κ3) is 5.23. The molecule has 1 atom stereocenters. The molecule has 0 spiro atoms. The first-order valence-electron chi connectivity index (χ1n) is 8.99. The minimum absolute atomic E-state index is 0.242. The van der Waals surface area contributed by atoms with Crippen molar-refractivity contribution in [1.82, 2.24) is 15.8 Å². The Kier molecular flexibility index (Phi) is 6.49. The molecular formula is C20H21ClN4O3. The van der Waals surface area contributed by atoms with E-state index in [-0.39, 0.29) is 17.9 Å². The number of halogens is 1. The van der Waals surface area contributed by atoms with Crippen LogP contribution >= 0.6 is 11.6 Å². The van der Waals surface area contributed by atoms with Crippen molar-refractivity contribution in [2.75, 3.05) is 18.4 Å². The third-order valence-corrected chi connectivity index (χ3v) is 4.76. The molecule has 3 rings (SSSR count). The van der Waals surface area contributed by atoms with Gasteiger partial charge in [-0.25, -0.2) is 4.79 Å².